The quantitative estimate of drug-likeness (QED) is 0.225. The number of carbonyl (C=O) groups is 8. The van der Waals surface area contributed by atoms with Gasteiger partial charge in [-0.1, -0.05) is 47.4 Å². The van der Waals surface area contributed by atoms with E-state index in [-0.39, 0.29) is 0 Å². The lowest BCUT2D eigenvalue weighted by molar-refractivity contribution is -0.148. The highest BCUT2D eigenvalue weighted by Crippen LogP contribution is 2.06. The minimum atomic E-state index is -0.832. The summed E-state index contributed by atoms with van der Waals surface area (Å²) in [7, 11) is 0. The summed E-state index contributed by atoms with van der Waals surface area (Å²) in [5.41, 5.74) is 0. The van der Waals surface area contributed by atoms with Crippen molar-refractivity contribution >= 4 is 47.3 Å². The third-order valence-corrected chi connectivity index (χ3v) is 7.69. The van der Waals surface area contributed by atoms with E-state index in [4.69, 9.17) is 51.4 Å². The predicted molar refractivity (Wildman–Crippen MR) is 203 cm³/mol. The molecule has 1 rings (SSSR count). The molecule has 16 nitrogen and oxygen atoms in total. The van der Waals surface area contributed by atoms with Crippen molar-refractivity contribution in [2.24, 2.45) is 0 Å². The van der Waals surface area contributed by atoms with Gasteiger partial charge in [-0.05, 0) is 0 Å². The lowest BCUT2D eigenvalue weighted by Crippen LogP contribution is -2.53. The highest BCUT2D eigenvalue weighted by Gasteiger charge is 2.31. The molecular weight excluding hydrogens is 720 g/mol. The van der Waals surface area contributed by atoms with Crippen LogP contribution < -0.4 is 0 Å². The zero-order valence-electron chi connectivity index (χ0n) is 30.8. The topological polar surface area (TPSA) is 162 Å². The monoisotopic (exact) mass is 760 g/mol. The molecule has 288 valence electrons. The van der Waals surface area contributed by atoms with E-state index in [1.54, 1.807) is 0 Å². The summed E-state index contributed by atoms with van der Waals surface area (Å²) < 4.78 is 0. The second kappa shape index (κ2) is 24.5. The van der Waals surface area contributed by atoms with Gasteiger partial charge in [-0.25, -0.2) is 0 Å². The number of nitrogens with zero attached hydrogens (tertiary/aromatic N) is 8. The molecule has 0 atom stereocenters. The standard InChI is InChI=1S/C40H40N8O8/c1-9-17-41-25-34(50)43(19-11-3)27-36(52)45(21-13-5)29-38(54)47(23-15-7)31-40(56)48(24-16-8)32-39(55)46(22-14-6)30-37(53)44(20-12-4)28-35(51)42(18-10-2)26-33(41)49/h1-8H,17-32H2. The van der Waals surface area contributed by atoms with Crippen LogP contribution in [0.3, 0.4) is 0 Å². The fraction of sp³-hybridized carbons (Fsp3) is 0.400. The smallest absolute Gasteiger partial charge is 0.243 e. The Balaban J connectivity index is 3.82. The van der Waals surface area contributed by atoms with Gasteiger partial charge in [0.25, 0.3) is 0 Å². The number of carbonyl (C=O) groups excluding carboxylic acids is 8. The predicted octanol–water partition coefficient (Wildman–Crippen LogP) is -4.31. The third kappa shape index (κ3) is 14.7. The summed E-state index contributed by atoms with van der Waals surface area (Å²) in [5, 5.41) is 0. The highest BCUT2D eigenvalue weighted by molar-refractivity contribution is 5.94. The minimum absolute atomic E-state index is 0.415. The summed E-state index contributed by atoms with van der Waals surface area (Å²) in [5.74, 6) is 11.3. The molecule has 0 bridgehead atoms. The summed E-state index contributed by atoms with van der Waals surface area (Å²) >= 11 is 0. The zero-order valence-corrected chi connectivity index (χ0v) is 30.8. The normalized spacial score (nSPS) is 16.4. The van der Waals surface area contributed by atoms with Crippen LogP contribution in [0.25, 0.3) is 0 Å². The maximum Gasteiger partial charge on any atom is 0.243 e. The Morgan fingerprint density at radius 1 is 0.250 bits per heavy atom. The van der Waals surface area contributed by atoms with Gasteiger partial charge in [0, 0.05) is 0 Å². The average molecular weight is 761 g/mol. The van der Waals surface area contributed by atoms with Crippen molar-refractivity contribution in [1.29, 1.82) is 0 Å². The molecule has 16 heteroatoms. The van der Waals surface area contributed by atoms with E-state index >= 15 is 0 Å². The van der Waals surface area contributed by atoms with Crippen LogP contribution in [0.2, 0.25) is 0 Å². The summed E-state index contributed by atoms with van der Waals surface area (Å²) in [6.07, 6.45) is 43.7. The zero-order chi connectivity index (χ0) is 42.2. The molecule has 8 amide bonds. The van der Waals surface area contributed by atoms with Gasteiger partial charge >= 0.3 is 0 Å². The van der Waals surface area contributed by atoms with Gasteiger partial charge in [0.15, 0.2) is 0 Å². The molecular formula is C40H40N8O8. The van der Waals surface area contributed by atoms with Crippen LogP contribution >= 0.6 is 0 Å². The molecule has 0 saturated carbocycles. The molecule has 1 saturated heterocycles. The Morgan fingerprint density at radius 2 is 0.339 bits per heavy atom. The van der Waals surface area contributed by atoms with E-state index in [0.29, 0.717) is 0 Å². The third-order valence-electron chi connectivity index (χ3n) is 7.69. The van der Waals surface area contributed by atoms with Gasteiger partial charge in [0.1, 0.15) is 52.4 Å². The van der Waals surface area contributed by atoms with Gasteiger partial charge in [0.2, 0.25) is 47.3 Å². The molecule has 1 aliphatic rings. The second-order valence-corrected chi connectivity index (χ2v) is 11.6. The van der Waals surface area contributed by atoms with E-state index in [1.165, 1.54) is 0 Å². The van der Waals surface area contributed by atoms with E-state index in [2.05, 4.69) is 47.4 Å². The molecule has 0 radical (unpaired) electrons. The van der Waals surface area contributed by atoms with Gasteiger partial charge in [-0.15, -0.1) is 51.4 Å². The largest absolute Gasteiger partial charge is 0.321 e. The van der Waals surface area contributed by atoms with Crippen molar-refractivity contribution in [2.75, 3.05) is 105 Å². The van der Waals surface area contributed by atoms with Crippen LogP contribution in [0.5, 0.6) is 0 Å². The molecule has 1 heterocycles. The van der Waals surface area contributed by atoms with E-state index < -0.39 is 152 Å². The Kier molecular flexibility index (Phi) is 20.2. The van der Waals surface area contributed by atoms with Crippen LogP contribution in [0.1, 0.15) is 0 Å². The van der Waals surface area contributed by atoms with Crippen molar-refractivity contribution in [2.45, 2.75) is 0 Å². The molecule has 0 aromatic rings. The molecule has 56 heavy (non-hydrogen) atoms. The van der Waals surface area contributed by atoms with E-state index in [9.17, 15) is 38.4 Å². The van der Waals surface area contributed by atoms with Crippen LogP contribution in [0, 0.1) is 98.8 Å². The van der Waals surface area contributed by atoms with Crippen molar-refractivity contribution in [3.8, 4) is 98.8 Å². The van der Waals surface area contributed by atoms with Crippen LogP contribution in [0.15, 0.2) is 0 Å². The van der Waals surface area contributed by atoms with Crippen LogP contribution in [-0.4, -0.2) is 191 Å². The first kappa shape index (κ1) is 46.3. The Morgan fingerprint density at radius 3 is 0.411 bits per heavy atom. The SMILES string of the molecule is C#CCN1CC(=O)N(CC#C)CC(=O)N(CC#C)CC(=O)N(CC#C)CC(=O)N(CC#C)CC(=O)N(CC#C)CC(=O)N(CC#C)CC(=O)N(CC#C)CC1=O. The number of rotatable bonds is 8. The maximum atomic E-state index is 13.5. The van der Waals surface area contributed by atoms with Gasteiger partial charge in [-0.3, -0.25) is 38.4 Å². The first-order valence-corrected chi connectivity index (χ1v) is 16.4. The molecule has 0 N–H and O–H groups in total. The number of hydrogen-bond donors (Lipinski definition) is 0. The summed E-state index contributed by atoms with van der Waals surface area (Å²) in [6, 6.07) is 0. The molecule has 0 unspecified atom stereocenters. The fourth-order valence-electron chi connectivity index (χ4n) is 4.85. The second-order valence-electron chi connectivity index (χ2n) is 11.6. The van der Waals surface area contributed by atoms with Crippen LogP contribution in [-0.2, 0) is 38.4 Å². The molecule has 1 fully saturated rings. The molecule has 0 spiro atoms. The van der Waals surface area contributed by atoms with E-state index in [0.717, 1.165) is 39.2 Å². The molecule has 1 aliphatic heterocycles. The maximum absolute atomic E-state index is 13.5. The first-order chi connectivity index (χ1) is 26.7. The van der Waals surface area contributed by atoms with Crippen molar-refractivity contribution in [1.82, 2.24) is 39.2 Å². The number of terminal acetylenes is 8. The Labute approximate surface area is 327 Å². The van der Waals surface area contributed by atoms with Crippen molar-refractivity contribution in [3.05, 3.63) is 0 Å². The van der Waals surface area contributed by atoms with E-state index in [1.807, 2.05) is 0 Å². The number of amides is 8. The minimum Gasteiger partial charge on any atom is -0.321 e. The molecule has 0 aliphatic carbocycles. The highest BCUT2D eigenvalue weighted by atomic mass is 16.2. The molecule has 0 aromatic heterocycles. The number of hydrogen-bond acceptors (Lipinski definition) is 8. The van der Waals surface area contributed by atoms with Gasteiger partial charge in [0.05, 0.1) is 52.4 Å². The van der Waals surface area contributed by atoms with Crippen molar-refractivity contribution < 1.29 is 38.4 Å². The lowest BCUT2D eigenvalue weighted by Gasteiger charge is -2.31. The first-order valence-electron chi connectivity index (χ1n) is 16.4. The Hall–Kier alpha value is -7.76. The summed E-state index contributed by atoms with van der Waals surface area (Å²) in [6.45, 7) is -8.90. The van der Waals surface area contributed by atoms with Crippen molar-refractivity contribution in [3.63, 3.8) is 0 Å². The Bertz CT molecular complexity index is 1480. The van der Waals surface area contributed by atoms with Crippen LogP contribution in [0.4, 0.5) is 0 Å². The lowest BCUT2D eigenvalue weighted by atomic mass is 10.3. The average Bonchev–Trinajstić information content (AvgIpc) is 3.15. The van der Waals surface area contributed by atoms with Gasteiger partial charge in [-0.2, -0.15) is 0 Å². The molecule has 0 aromatic carbocycles. The summed E-state index contributed by atoms with van der Waals surface area (Å²) in [4.78, 5) is 115. The van der Waals surface area contributed by atoms with Gasteiger partial charge < -0.3 is 39.2 Å². The fourth-order valence-corrected chi connectivity index (χ4v) is 4.85.